The van der Waals surface area contributed by atoms with Crippen LogP contribution in [0.2, 0.25) is 0 Å². The van der Waals surface area contributed by atoms with Crippen molar-refractivity contribution in [2.24, 2.45) is 11.3 Å². The van der Waals surface area contributed by atoms with Gasteiger partial charge in [0.05, 0.1) is 36.3 Å². The van der Waals surface area contributed by atoms with Gasteiger partial charge in [-0.2, -0.15) is 0 Å². The van der Waals surface area contributed by atoms with E-state index >= 15 is 0 Å². The van der Waals surface area contributed by atoms with Crippen molar-refractivity contribution < 1.29 is 23.5 Å². The number of Topliss-reactive ketones (excluding diaryl/α,β-unsaturated/α-hetero) is 1. The predicted molar refractivity (Wildman–Crippen MR) is 150 cm³/mol. The summed E-state index contributed by atoms with van der Waals surface area (Å²) in [4.78, 5) is 50.4. The van der Waals surface area contributed by atoms with E-state index in [9.17, 15) is 18.8 Å². The number of methoxy groups -OCH3 is 1. The summed E-state index contributed by atoms with van der Waals surface area (Å²) in [6.07, 6.45) is 0.740. The topological polar surface area (TPSA) is 98.5 Å². The highest BCUT2D eigenvalue weighted by Gasteiger charge is 2.50. The number of para-hydroxylation sites is 1. The molecule has 2 amide bonds. The molecular formula is C31H33FN4O4. The van der Waals surface area contributed by atoms with Crippen LogP contribution >= 0.6 is 0 Å². The SMILES string of the molecule is COc1ccc2cc(C(=O)N3C[C@@H]4C[C@H]3CN4C(=O)[C@@H](CC(=O)c3cc4cccc(F)c4[nH]3)C(C)(C)C)[nH]c2c1. The van der Waals surface area contributed by atoms with E-state index in [-0.39, 0.29) is 36.1 Å². The second-order valence-electron chi connectivity index (χ2n) is 12.1. The Morgan fingerprint density at radius 2 is 1.70 bits per heavy atom. The van der Waals surface area contributed by atoms with Gasteiger partial charge < -0.3 is 24.5 Å². The normalized spacial score (nSPS) is 19.5. The maximum absolute atomic E-state index is 14.2. The van der Waals surface area contributed by atoms with Crippen LogP contribution in [0.3, 0.4) is 0 Å². The van der Waals surface area contributed by atoms with Crippen molar-refractivity contribution in [1.82, 2.24) is 19.8 Å². The van der Waals surface area contributed by atoms with E-state index in [0.29, 0.717) is 41.1 Å². The second-order valence-corrected chi connectivity index (χ2v) is 12.1. The number of ether oxygens (including phenoxy) is 1. The Morgan fingerprint density at radius 3 is 2.38 bits per heavy atom. The number of fused-ring (bicyclic) bond motifs is 4. The first-order valence-electron chi connectivity index (χ1n) is 13.6. The summed E-state index contributed by atoms with van der Waals surface area (Å²) in [5.74, 6) is -0.626. The highest BCUT2D eigenvalue weighted by molar-refractivity contribution is 6.02. The number of aromatic nitrogens is 2. The number of H-pyrrole nitrogens is 2. The van der Waals surface area contributed by atoms with E-state index in [1.807, 2.05) is 54.8 Å². The molecule has 2 fully saturated rings. The van der Waals surface area contributed by atoms with Crippen LogP contribution in [0.15, 0.2) is 48.5 Å². The van der Waals surface area contributed by atoms with E-state index in [0.717, 1.165) is 17.3 Å². The lowest BCUT2D eigenvalue weighted by Gasteiger charge is -2.39. The molecule has 2 aliphatic heterocycles. The minimum Gasteiger partial charge on any atom is -0.497 e. The highest BCUT2D eigenvalue weighted by atomic mass is 19.1. The van der Waals surface area contributed by atoms with Crippen molar-refractivity contribution in [3.8, 4) is 5.75 Å². The molecule has 208 valence electrons. The summed E-state index contributed by atoms with van der Waals surface area (Å²) in [7, 11) is 1.60. The van der Waals surface area contributed by atoms with Crippen molar-refractivity contribution in [2.45, 2.75) is 45.7 Å². The Bertz CT molecular complexity index is 1650. The lowest BCUT2D eigenvalue weighted by atomic mass is 9.76. The number of amides is 2. The Balaban J connectivity index is 1.16. The van der Waals surface area contributed by atoms with Gasteiger partial charge in [-0.25, -0.2) is 4.39 Å². The number of rotatable bonds is 6. The average molecular weight is 545 g/mol. The fourth-order valence-corrected chi connectivity index (χ4v) is 6.22. The zero-order valence-electron chi connectivity index (χ0n) is 23.1. The van der Waals surface area contributed by atoms with Crippen molar-refractivity contribution in [1.29, 1.82) is 0 Å². The molecule has 9 heteroatoms. The summed E-state index contributed by atoms with van der Waals surface area (Å²) in [6.45, 7) is 6.79. The van der Waals surface area contributed by atoms with E-state index < -0.39 is 17.2 Å². The first-order valence-corrected chi connectivity index (χ1v) is 13.6. The number of carbonyl (C=O) groups excluding carboxylic acids is 3. The molecule has 4 heterocycles. The highest BCUT2D eigenvalue weighted by Crippen LogP contribution is 2.38. The average Bonchev–Trinajstić information content (AvgIpc) is 3.71. The molecule has 0 saturated carbocycles. The van der Waals surface area contributed by atoms with Crippen LogP contribution < -0.4 is 4.74 Å². The zero-order valence-corrected chi connectivity index (χ0v) is 23.1. The number of nitrogens with zero attached hydrogens (tertiary/aromatic N) is 2. The monoisotopic (exact) mass is 544 g/mol. The van der Waals surface area contributed by atoms with Crippen LogP contribution in [0.5, 0.6) is 5.75 Å². The third-order valence-corrected chi connectivity index (χ3v) is 8.48. The van der Waals surface area contributed by atoms with Crippen LogP contribution in [0.25, 0.3) is 21.8 Å². The number of carbonyl (C=O) groups is 3. The third kappa shape index (κ3) is 4.43. The number of nitrogens with one attached hydrogen (secondary N) is 2. The number of hydrogen-bond donors (Lipinski definition) is 2. The Hall–Kier alpha value is -4.14. The molecule has 2 aliphatic rings. The van der Waals surface area contributed by atoms with Crippen LogP contribution in [-0.2, 0) is 4.79 Å². The van der Waals surface area contributed by atoms with Gasteiger partial charge in [0.2, 0.25) is 5.91 Å². The van der Waals surface area contributed by atoms with E-state index in [2.05, 4.69) is 9.97 Å². The number of likely N-dealkylation sites (tertiary alicyclic amines) is 2. The molecule has 2 aromatic carbocycles. The predicted octanol–water partition coefficient (Wildman–Crippen LogP) is 5.16. The first kappa shape index (κ1) is 26.1. The fraction of sp³-hybridized carbons (Fsp3) is 0.387. The third-order valence-electron chi connectivity index (χ3n) is 8.48. The molecule has 8 nitrogen and oxygen atoms in total. The number of ketones is 1. The molecule has 0 unspecified atom stereocenters. The summed E-state index contributed by atoms with van der Waals surface area (Å²) in [5, 5.41) is 1.55. The molecule has 6 rings (SSSR count). The van der Waals surface area contributed by atoms with Gasteiger partial charge in [-0.1, -0.05) is 32.9 Å². The molecule has 4 aromatic rings. The molecule has 2 saturated heterocycles. The standard InChI is InChI=1S/C31H33FN4O4/c1-31(2,3)22(14-27(37)25-11-18-6-5-7-23(32)28(18)34-25)29(38)35-15-20-12-19(35)16-36(20)30(39)26-10-17-8-9-21(40-4)13-24(17)33-26/h5-11,13,19-20,22,33-34H,12,14-16H2,1-4H3/t19-,20-,22+/m0/s1. The first-order chi connectivity index (χ1) is 19.0. The Labute approximate surface area is 231 Å². The van der Waals surface area contributed by atoms with Crippen molar-refractivity contribution in [3.05, 3.63) is 65.7 Å². The fourth-order valence-electron chi connectivity index (χ4n) is 6.22. The van der Waals surface area contributed by atoms with Gasteiger partial charge in [0.1, 0.15) is 17.3 Å². The van der Waals surface area contributed by atoms with E-state index in [1.165, 1.54) is 6.07 Å². The maximum Gasteiger partial charge on any atom is 0.270 e. The molecule has 0 radical (unpaired) electrons. The van der Waals surface area contributed by atoms with E-state index in [1.54, 1.807) is 25.3 Å². The number of benzene rings is 2. The zero-order chi connectivity index (χ0) is 28.3. The minimum absolute atomic E-state index is 0.0197. The Morgan fingerprint density at radius 1 is 0.975 bits per heavy atom. The van der Waals surface area contributed by atoms with Gasteiger partial charge in [-0.3, -0.25) is 14.4 Å². The van der Waals surface area contributed by atoms with E-state index in [4.69, 9.17) is 4.74 Å². The van der Waals surface area contributed by atoms with Crippen LogP contribution in [-0.4, -0.2) is 69.6 Å². The maximum atomic E-state index is 14.2. The van der Waals surface area contributed by atoms with Crippen molar-refractivity contribution in [2.75, 3.05) is 20.2 Å². The minimum atomic E-state index is -0.552. The van der Waals surface area contributed by atoms with Gasteiger partial charge in [0.15, 0.2) is 5.78 Å². The second kappa shape index (κ2) is 9.50. The lowest BCUT2D eigenvalue weighted by molar-refractivity contribution is -0.141. The Kier molecular flexibility index (Phi) is 6.20. The summed E-state index contributed by atoms with van der Waals surface area (Å²) in [6, 6.07) is 13.7. The van der Waals surface area contributed by atoms with Crippen LogP contribution in [0.4, 0.5) is 4.39 Å². The van der Waals surface area contributed by atoms with Gasteiger partial charge in [0.25, 0.3) is 5.91 Å². The lowest BCUT2D eigenvalue weighted by Crippen LogP contribution is -2.53. The molecule has 3 atom stereocenters. The van der Waals surface area contributed by atoms with Gasteiger partial charge >= 0.3 is 0 Å². The summed E-state index contributed by atoms with van der Waals surface area (Å²) in [5.41, 5.74) is 1.48. The molecule has 40 heavy (non-hydrogen) atoms. The van der Waals surface area contributed by atoms with Crippen LogP contribution in [0, 0.1) is 17.2 Å². The molecule has 2 bridgehead atoms. The molecule has 2 aromatic heterocycles. The largest absolute Gasteiger partial charge is 0.497 e. The smallest absolute Gasteiger partial charge is 0.270 e. The van der Waals surface area contributed by atoms with Crippen molar-refractivity contribution in [3.63, 3.8) is 0 Å². The molecule has 0 spiro atoms. The number of halogens is 1. The number of piperazine rings is 1. The number of hydrogen-bond acceptors (Lipinski definition) is 4. The quantitative estimate of drug-likeness (QED) is 0.328. The van der Waals surface area contributed by atoms with Gasteiger partial charge in [-0.05, 0) is 42.2 Å². The van der Waals surface area contributed by atoms with Crippen LogP contribution in [0.1, 0.15) is 54.6 Å². The van der Waals surface area contributed by atoms with Gasteiger partial charge in [0, 0.05) is 41.9 Å². The summed E-state index contributed by atoms with van der Waals surface area (Å²) >= 11 is 0. The molecular weight excluding hydrogens is 511 g/mol. The number of aromatic amines is 2. The summed E-state index contributed by atoms with van der Waals surface area (Å²) < 4.78 is 19.5. The molecule has 0 aliphatic carbocycles. The molecule has 2 N–H and O–H groups in total. The van der Waals surface area contributed by atoms with Gasteiger partial charge in [-0.15, -0.1) is 0 Å². The van der Waals surface area contributed by atoms with Crippen molar-refractivity contribution >= 4 is 39.4 Å².